The molecule has 0 spiro atoms. The third kappa shape index (κ3) is 4.72. The predicted molar refractivity (Wildman–Crippen MR) is 114 cm³/mol. The van der Waals surface area contributed by atoms with Crippen molar-refractivity contribution in [2.24, 2.45) is 0 Å². The van der Waals surface area contributed by atoms with Gasteiger partial charge in [-0.25, -0.2) is 4.98 Å². The van der Waals surface area contributed by atoms with E-state index < -0.39 is 0 Å². The van der Waals surface area contributed by atoms with Gasteiger partial charge in [0.15, 0.2) is 5.82 Å². The fraction of sp³-hybridized carbons (Fsp3) is 0.333. The average Bonchev–Trinajstić information content (AvgIpc) is 3.42. The second-order valence-electron chi connectivity index (χ2n) is 7.14. The summed E-state index contributed by atoms with van der Waals surface area (Å²) in [4.78, 5) is 6.68. The normalized spacial score (nSPS) is 18.7. The van der Waals surface area contributed by atoms with Crippen molar-refractivity contribution >= 4 is 17.4 Å². The van der Waals surface area contributed by atoms with Gasteiger partial charge < -0.3 is 19.7 Å². The predicted octanol–water partition coefficient (Wildman–Crippen LogP) is 2.30. The number of nitrogens with two attached hydrogens (primary N) is 1. The first-order chi connectivity index (χ1) is 14.1. The van der Waals surface area contributed by atoms with E-state index in [4.69, 9.17) is 9.47 Å². The zero-order valence-electron chi connectivity index (χ0n) is 16.8. The molecule has 29 heavy (non-hydrogen) atoms. The van der Waals surface area contributed by atoms with Crippen molar-refractivity contribution < 1.29 is 14.8 Å². The van der Waals surface area contributed by atoms with Crippen LogP contribution in [-0.2, 0) is 4.74 Å². The van der Waals surface area contributed by atoms with Gasteiger partial charge in [-0.1, -0.05) is 11.8 Å². The van der Waals surface area contributed by atoms with E-state index >= 15 is 0 Å². The standard InChI is InChI=1S/C21H25N5O2S/c1-26(2)16-8-4-15(5-9-16)20-22-12-18(28-20)13-29-21-23-19(24-25-21)14-6-10-17(27-3)11-7-14/h4-11,18,20,22H,12-13H2,1-3H3,(H,23,24,25)/p+1/t18-,20+/m0/s1. The Kier molecular flexibility index (Phi) is 6.03. The van der Waals surface area contributed by atoms with E-state index in [-0.39, 0.29) is 12.3 Å². The van der Waals surface area contributed by atoms with Gasteiger partial charge in [-0.15, -0.1) is 5.10 Å². The van der Waals surface area contributed by atoms with Gasteiger partial charge in [-0.05, 0) is 48.5 Å². The second-order valence-corrected chi connectivity index (χ2v) is 8.13. The molecule has 152 valence electrons. The molecule has 2 aromatic carbocycles. The van der Waals surface area contributed by atoms with Crippen molar-refractivity contribution in [1.82, 2.24) is 15.2 Å². The number of nitrogens with one attached hydrogen (secondary N) is 1. The Balaban J connectivity index is 1.30. The van der Waals surface area contributed by atoms with Gasteiger partial charge in [0.05, 0.1) is 7.11 Å². The molecule has 1 aliphatic heterocycles. The van der Waals surface area contributed by atoms with Gasteiger partial charge in [-0.2, -0.15) is 0 Å². The third-order valence-corrected chi connectivity index (χ3v) is 5.90. The molecule has 0 unspecified atom stereocenters. The Morgan fingerprint density at radius 3 is 2.62 bits per heavy atom. The molecule has 1 fully saturated rings. The van der Waals surface area contributed by atoms with Crippen LogP contribution in [0.3, 0.4) is 0 Å². The zero-order valence-corrected chi connectivity index (χ0v) is 17.6. The molecule has 1 aliphatic rings. The lowest BCUT2D eigenvalue weighted by Gasteiger charge is -2.14. The van der Waals surface area contributed by atoms with E-state index in [0.29, 0.717) is 0 Å². The Bertz CT molecular complexity index is 927. The van der Waals surface area contributed by atoms with E-state index in [1.165, 1.54) is 11.3 Å². The van der Waals surface area contributed by atoms with Crippen LogP contribution in [0.1, 0.15) is 11.8 Å². The van der Waals surface area contributed by atoms with Gasteiger partial charge in [-0.3, -0.25) is 5.10 Å². The number of ether oxygens (including phenoxy) is 2. The summed E-state index contributed by atoms with van der Waals surface area (Å²) in [7, 11) is 5.75. The lowest BCUT2D eigenvalue weighted by atomic mass is 10.2. The molecule has 1 aromatic heterocycles. The van der Waals surface area contributed by atoms with Gasteiger partial charge in [0.25, 0.3) is 0 Å². The number of anilines is 1. The van der Waals surface area contributed by atoms with Gasteiger partial charge in [0.2, 0.25) is 11.4 Å². The maximum Gasteiger partial charge on any atom is 0.217 e. The highest BCUT2D eigenvalue weighted by atomic mass is 32.2. The molecule has 0 saturated carbocycles. The van der Waals surface area contributed by atoms with Crippen molar-refractivity contribution in [3.63, 3.8) is 0 Å². The zero-order chi connectivity index (χ0) is 20.2. The van der Waals surface area contributed by atoms with E-state index in [1.54, 1.807) is 18.9 Å². The van der Waals surface area contributed by atoms with E-state index in [1.807, 2.05) is 38.4 Å². The Hall–Kier alpha value is -2.55. The summed E-state index contributed by atoms with van der Waals surface area (Å²) < 4.78 is 11.4. The molecule has 8 heteroatoms. The van der Waals surface area contributed by atoms with Crippen LogP contribution >= 0.6 is 11.8 Å². The summed E-state index contributed by atoms with van der Waals surface area (Å²) in [6.45, 7) is 0.933. The highest BCUT2D eigenvalue weighted by molar-refractivity contribution is 7.99. The summed E-state index contributed by atoms with van der Waals surface area (Å²) in [5.74, 6) is 2.40. The summed E-state index contributed by atoms with van der Waals surface area (Å²) >= 11 is 1.61. The Morgan fingerprint density at radius 1 is 1.17 bits per heavy atom. The first-order valence-corrected chi connectivity index (χ1v) is 10.6. The molecule has 0 aliphatic carbocycles. The minimum absolute atomic E-state index is 0.0545. The van der Waals surface area contributed by atoms with Crippen molar-refractivity contribution in [2.45, 2.75) is 17.5 Å². The van der Waals surface area contributed by atoms with Crippen LogP contribution in [0.25, 0.3) is 11.4 Å². The quantitative estimate of drug-likeness (QED) is 0.580. The molecule has 3 aromatic rings. The number of thioether (sulfide) groups is 1. The van der Waals surface area contributed by atoms with Crippen LogP contribution in [0.5, 0.6) is 5.75 Å². The monoisotopic (exact) mass is 412 g/mol. The molecular weight excluding hydrogens is 386 g/mol. The maximum atomic E-state index is 6.22. The minimum Gasteiger partial charge on any atom is -0.497 e. The van der Waals surface area contributed by atoms with Crippen LogP contribution in [0, 0.1) is 0 Å². The summed E-state index contributed by atoms with van der Waals surface area (Å²) in [6, 6.07) is 16.3. The van der Waals surface area contributed by atoms with Gasteiger partial charge in [0, 0.05) is 36.7 Å². The van der Waals surface area contributed by atoms with Crippen LogP contribution in [0.2, 0.25) is 0 Å². The van der Waals surface area contributed by atoms with Crippen molar-refractivity contribution in [3.05, 3.63) is 54.1 Å². The van der Waals surface area contributed by atoms with E-state index in [0.717, 1.165) is 34.6 Å². The van der Waals surface area contributed by atoms with Crippen LogP contribution in [0.4, 0.5) is 5.69 Å². The highest BCUT2D eigenvalue weighted by Crippen LogP contribution is 2.25. The van der Waals surface area contributed by atoms with Gasteiger partial charge in [0.1, 0.15) is 18.4 Å². The first kappa shape index (κ1) is 19.8. The summed E-state index contributed by atoms with van der Waals surface area (Å²) in [5, 5.41) is 10.3. The number of quaternary nitrogens is 1. The molecular formula is C21H26N5O2S+. The third-order valence-electron chi connectivity index (χ3n) is 4.92. The lowest BCUT2D eigenvalue weighted by Crippen LogP contribution is -2.82. The lowest BCUT2D eigenvalue weighted by molar-refractivity contribution is -0.697. The SMILES string of the molecule is COc1ccc(-c2nc(SC[C@@H]3C[NH2+][C@@H](c4ccc(N(C)C)cc4)O3)n[nH]2)cc1. The smallest absolute Gasteiger partial charge is 0.217 e. The molecule has 0 bridgehead atoms. The summed E-state index contributed by atoms with van der Waals surface area (Å²) in [6.07, 6.45) is 0.222. The van der Waals surface area contributed by atoms with Crippen molar-refractivity contribution in [1.29, 1.82) is 0 Å². The number of benzene rings is 2. The second kappa shape index (κ2) is 8.86. The number of hydrogen-bond donors (Lipinski definition) is 2. The number of hydrogen-bond acceptors (Lipinski definition) is 6. The number of aromatic amines is 1. The number of methoxy groups -OCH3 is 1. The molecule has 4 rings (SSSR count). The van der Waals surface area contributed by atoms with Crippen molar-refractivity contribution in [3.8, 4) is 17.1 Å². The topological polar surface area (TPSA) is 79.9 Å². The number of H-pyrrole nitrogens is 1. The maximum absolute atomic E-state index is 6.22. The van der Waals surface area contributed by atoms with E-state index in [9.17, 15) is 0 Å². The molecule has 0 radical (unpaired) electrons. The Labute approximate surface area is 174 Å². The minimum atomic E-state index is 0.0545. The Morgan fingerprint density at radius 2 is 1.93 bits per heavy atom. The van der Waals surface area contributed by atoms with Crippen LogP contribution in [-0.4, -0.2) is 54.8 Å². The molecule has 7 nitrogen and oxygen atoms in total. The summed E-state index contributed by atoms with van der Waals surface area (Å²) in [5.41, 5.74) is 3.37. The number of nitrogens with zero attached hydrogens (tertiary/aromatic N) is 3. The molecule has 3 N–H and O–H groups in total. The fourth-order valence-electron chi connectivity index (χ4n) is 3.23. The molecule has 0 amide bonds. The molecule has 2 atom stereocenters. The molecule has 1 saturated heterocycles. The van der Waals surface area contributed by atoms with E-state index in [2.05, 4.69) is 49.7 Å². The fourth-order valence-corrected chi connectivity index (χ4v) is 4.05. The first-order valence-electron chi connectivity index (χ1n) is 9.58. The number of aromatic nitrogens is 3. The van der Waals surface area contributed by atoms with Crippen LogP contribution in [0.15, 0.2) is 53.7 Å². The van der Waals surface area contributed by atoms with Gasteiger partial charge >= 0.3 is 0 Å². The highest BCUT2D eigenvalue weighted by Gasteiger charge is 2.30. The van der Waals surface area contributed by atoms with Crippen LogP contribution < -0.4 is 15.0 Å². The van der Waals surface area contributed by atoms with Crippen molar-refractivity contribution in [2.75, 3.05) is 38.4 Å². The number of rotatable bonds is 7. The molecule has 2 heterocycles. The largest absolute Gasteiger partial charge is 0.497 e. The average molecular weight is 413 g/mol.